The summed E-state index contributed by atoms with van der Waals surface area (Å²) in [5, 5.41) is 0. The van der Waals surface area contributed by atoms with Gasteiger partial charge >= 0.3 is 64.0 Å². The van der Waals surface area contributed by atoms with Crippen molar-refractivity contribution in [2.75, 3.05) is 0 Å². The van der Waals surface area contributed by atoms with Gasteiger partial charge in [-0.15, -0.1) is 0 Å². The summed E-state index contributed by atoms with van der Waals surface area (Å²) in [7, 11) is 0. The van der Waals surface area contributed by atoms with Crippen molar-refractivity contribution in [1.82, 2.24) is 0 Å². The maximum absolute atomic E-state index is 8.65. The van der Waals surface area contributed by atoms with Crippen LogP contribution in [-0.4, -0.2) is 0 Å². The van der Waals surface area contributed by atoms with Gasteiger partial charge in [-0.1, -0.05) is 0 Å². The fraction of sp³-hybridized carbons (Fsp3) is 0. The van der Waals surface area contributed by atoms with E-state index >= 15 is 0 Å². The van der Waals surface area contributed by atoms with E-state index in [9.17, 15) is 0 Å². The summed E-state index contributed by atoms with van der Waals surface area (Å²) < 4.78 is 34.6. The van der Waals surface area contributed by atoms with Gasteiger partial charge in [0.25, 0.3) is 0 Å². The molecular formula is Ni2O5W. The minimum absolute atomic E-state index is 0. The van der Waals surface area contributed by atoms with Crippen LogP contribution in [0.4, 0.5) is 0 Å². The molecular weight excluding hydrogens is 381 g/mol. The Morgan fingerprint density at radius 1 is 1.00 bits per heavy atom. The predicted octanol–water partition coefficient (Wildman–Crippen LogP) is -2.74. The summed E-state index contributed by atoms with van der Waals surface area (Å²) >= 11 is -6.17. The minimum atomic E-state index is -6.17. The zero-order valence-electron chi connectivity index (χ0n) is 3.08. The van der Waals surface area contributed by atoms with Crippen molar-refractivity contribution in [2.24, 2.45) is 0 Å². The van der Waals surface area contributed by atoms with Gasteiger partial charge in [0.2, 0.25) is 0 Å². The Morgan fingerprint density at radius 2 is 1.00 bits per heavy atom. The zero-order valence-corrected chi connectivity index (χ0v) is 7.99. The topological polar surface area (TPSA) is 109 Å². The van der Waals surface area contributed by atoms with Crippen molar-refractivity contribution >= 4 is 0 Å². The molecule has 0 saturated carbocycles. The number of hydrogen-bond acceptors (Lipinski definition) is 4. The van der Waals surface area contributed by atoms with Crippen LogP contribution in [0.25, 0.3) is 0 Å². The average molecular weight is 381 g/mol. The summed E-state index contributed by atoms with van der Waals surface area (Å²) in [6.07, 6.45) is 0. The van der Waals surface area contributed by atoms with Gasteiger partial charge in [0.05, 0.1) is 0 Å². The van der Waals surface area contributed by atoms with Crippen molar-refractivity contribution < 1.29 is 69.5 Å². The second-order valence-electron chi connectivity index (χ2n) is 0.408. The molecule has 0 radical (unpaired) electrons. The standard InChI is InChI=1S/2Ni.5O.W/q2*+2;;;-2;2*-1;. The fourth-order valence-electron chi connectivity index (χ4n) is 0. The van der Waals surface area contributed by atoms with E-state index in [4.69, 9.17) is 14.3 Å². The Balaban J connectivity index is -0.0000000267. The van der Waals surface area contributed by atoms with E-state index < -0.39 is 16.7 Å². The molecule has 56 valence electrons. The molecule has 0 aromatic carbocycles. The summed E-state index contributed by atoms with van der Waals surface area (Å²) in [6, 6.07) is 0. The van der Waals surface area contributed by atoms with Crippen LogP contribution in [0.2, 0.25) is 0 Å². The molecule has 0 bridgehead atoms. The Kier molecular flexibility index (Phi) is 23.4. The van der Waals surface area contributed by atoms with E-state index in [2.05, 4.69) is 0 Å². The molecule has 8 heteroatoms. The molecule has 0 aromatic rings. The quantitative estimate of drug-likeness (QED) is 0.424. The Hall–Kier alpha value is 1.16. The molecule has 8 heavy (non-hydrogen) atoms. The molecule has 0 unspecified atom stereocenters. The van der Waals surface area contributed by atoms with Crippen LogP contribution >= 0.6 is 0 Å². The summed E-state index contributed by atoms with van der Waals surface area (Å²) in [4.78, 5) is 0. The number of rotatable bonds is 0. The van der Waals surface area contributed by atoms with Gasteiger partial charge in [-0.25, -0.2) is 0 Å². The molecule has 5 nitrogen and oxygen atoms in total. The van der Waals surface area contributed by atoms with Crippen molar-refractivity contribution in [3.63, 3.8) is 0 Å². The third-order valence-electron chi connectivity index (χ3n) is 0. The van der Waals surface area contributed by atoms with E-state index in [1.165, 1.54) is 0 Å². The fourth-order valence-corrected chi connectivity index (χ4v) is 0. The summed E-state index contributed by atoms with van der Waals surface area (Å²) in [5.74, 6) is 0. The zero-order chi connectivity index (χ0) is 4.50. The normalized spacial score (nSPS) is 7.25. The third kappa shape index (κ3) is 203. The number of hydrogen-bond donors (Lipinski definition) is 0. The first kappa shape index (κ1) is 22.9. The molecule has 0 atom stereocenters. The molecule has 0 saturated heterocycles. The molecule has 0 heterocycles. The summed E-state index contributed by atoms with van der Waals surface area (Å²) in [5.41, 5.74) is 0. The first-order valence-electron chi connectivity index (χ1n) is 0.667. The van der Waals surface area contributed by atoms with E-state index in [0.717, 1.165) is 0 Å². The van der Waals surface area contributed by atoms with Gasteiger partial charge in [0, 0.05) is 0 Å². The first-order chi connectivity index (χ1) is 2.00. The van der Waals surface area contributed by atoms with Crippen LogP contribution in [0, 0.1) is 0 Å². The van der Waals surface area contributed by atoms with E-state index in [0.29, 0.717) is 0 Å². The average Bonchev–Trinajstić information content (AvgIpc) is 0.722. The SMILES string of the molecule is [Ni+2].[Ni+2].[O-2].[O]=[W](=[O])([O-])[O-]. The van der Waals surface area contributed by atoms with E-state index in [1.807, 2.05) is 0 Å². The van der Waals surface area contributed by atoms with Gasteiger partial charge in [-0.3, -0.25) is 0 Å². The molecule has 0 aliphatic rings. The Morgan fingerprint density at radius 3 is 1.00 bits per heavy atom. The molecule has 0 aliphatic carbocycles. The maximum atomic E-state index is 8.65. The molecule has 0 aliphatic heterocycles. The van der Waals surface area contributed by atoms with Crippen LogP contribution in [0.5, 0.6) is 0 Å². The van der Waals surface area contributed by atoms with Crippen molar-refractivity contribution in [3.8, 4) is 0 Å². The van der Waals surface area contributed by atoms with Crippen LogP contribution in [0.3, 0.4) is 0 Å². The molecule has 0 rings (SSSR count). The summed E-state index contributed by atoms with van der Waals surface area (Å²) in [6.45, 7) is 0. The van der Waals surface area contributed by atoms with Gasteiger partial charge < -0.3 is 5.48 Å². The molecule has 0 amide bonds. The van der Waals surface area contributed by atoms with Crippen LogP contribution in [0.1, 0.15) is 0 Å². The molecule has 0 spiro atoms. The predicted molar refractivity (Wildman–Crippen MR) is 2.06 cm³/mol. The first-order valence-corrected chi connectivity index (χ1v) is 5.46. The van der Waals surface area contributed by atoms with Crippen molar-refractivity contribution in [1.29, 1.82) is 0 Å². The Bertz CT molecular complexity index is 93.6. The van der Waals surface area contributed by atoms with Crippen molar-refractivity contribution in [3.05, 3.63) is 0 Å². The van der Waals surface area contributed by atoms with Crippen LogP contribution in [0.15, 0.2) is 0 Å². The third-order valence-corrected chi connectivity index (χ3v) is 0. The van der Waals surface area contributed by atoms with Crippen LogP contribution in [-0.2, 0) is 62.0 Å². The molecule has 0 fully saturated rings. The van der Waals surface area contributed by atoms with Gasteiger partial charge in [-0.2, -0.15) is 0 Å². The van der Waals surface area contributed by atoms with E-state index in [1.54, 1.807) is 0 Å². The molecule has 0 aromatic heterocycles. The van der Waals surface area contributed by atoms with Gasteiger partial charge in [0.1, 0.15) is 0 Å². The Labute approximate surface area is 69.3 Å². The van der Waals surface area contributed by atoms with Gasteiger partial charge in [-0.05, 0) is 0 Å². The molecule has 0 N–H and O–H groups in total. The monoisotopic (exact) mass is 380 g/mol. The van der Waals surface area contributed by atoms with Crippen LogP contribution < -0.4 is 7.52 Å². The van der Waals surface area contributed by atoms with Crippen molar-refractivity contribution in [2.45, 2.75) is 0 Å². The van der Waals surface area contributed by atoms with Gasteiger partial charge in [0.15, 0.2) is 0 Å². The second-order valence-corrected chi connectivity index (χ2v) is 3.34. The van der Waals surface area contributed by atoms with E-state index in [-0.39, 0.29) is 38.5 Å². The second kappa shape index (κ2) is 8.16.